The van der Waals surface area contributed by atoms with Crippen LogP contribution in [0.2, 0.25) is 0 Å². The molecule has 2 fully saturated rings. The highest BCUT2D eigenvalue weighted by Crippen LogP contribution is 2.43. The maximum atomic E-state index is 13.7. The predicted molar refractivity (Wildman–Crippen MR) is 370 cm³/mol. The number of thioether (sulfide) groups is 1. The van der Waals surface area contributed by atoms with Crippen LogP contribution in [-0.4, -0.2) is 87.1 Å². The van der Waals surface area contributed by atoms with Crippen LogP contribution in [0.25, 0.3) is 45.3 Å². The van der Waals surface area contributed by atoms with Crippen molar-refractivity contribution in [1.82, 2.24) is 39.0 Å². The van der Waals surface area contributed by atoms with Crippen LogP contribution < -0.4 is 10.6 Å². The molecule has 6 heterocycles. The molecule has 9 aromatic rings. The molecular weight excluding hydrogens is 1190 g/mol. The number of unbranched alkanes of at least 4 members (excludes halogenated alkanes) is 3. The number of fused-ring (bicyclic) bond motifs is 2. The van der Waals surface area contributed by atoms with Crippen LogP contribution in [0.1, 0.15) is 134 Å². The number of rotatable bonds is 24. The number of hydrogen-bond donors (Lipinski definition) is 3. The Morgan fingerprint density at radius 3 is 1.29 bits per heavy atom. The summed E-state index contributed by atoms with van der Waals surface area (Å²) in [5, 5.41) is 16.7. The number of nitrogens with zero attached hydrogens (tertiary/aromatic N) is 8. The molecule has 2 saturated carbocycles. The van der Waals surface area contributed by atoms with Crippen molar-refractivity contribution in [3.05, 3.63) is 187 Å². The van der Waals surface area contributed by atoms with Crippen LogP contribution in [0, 0.1) is 11.6 Å². The molecular formula is C72H85F2N10OPS3. The zero-order chi connectivity index (χ0) is 61.6. The van der Waals surface area contributed by atoms with Crippen molar-refractivity contribution in [2.24, 2.45) is 0 Å². The molecule has 2 aliphatic carbocycles. The number of aliphatic hydroxyl groups excluding tert-OH is 1. The van der Waals surface area contributed by atoms with E-state index in [0.717, 1.165) is 114 Å². The first-order valence-electron chi connectivity index (χ1n) is 32.2. The van der Waals surface area contributed by atoms with E-state index in [2.05, 4.69) is 123 Å². The summed E-state index contributed by atoms with van der Waals surface area (Å²) in [4.78, 5) is 32.2. The summed E-state index contributed by atoms with van der Waals surface area (Å²) in [5.74, 6) is 3.71. The van der Waals surface area contributed by atoms with Gasteiger partial charge in [0.25, 0.3) is 0 Å². The molecule has 89 heavy (non-hydrogen) atoms. The molecule has 0 amide bonds. The van der Waals surface area contributed by atoms with Crippen LogP contribution in [0.4, 0.5) is 20.7 Å². The molecule has 466 valence electrons. The smallest absolute Gasteiger partial charge is 0.223 e. The summed E-state index contributed by atoms with van der Waals surface area (Å²) in [6.07, 6.45) is 27.5. The van der Waals surface area contributed by atoms with Crippen molar-refractivity contribution in [3.8, 4) is 45.3 Å². The minimum atomic E-state index is -0.278. The van der Waals surface area contributed by atoms with E-state index in [1.807, 2.05) is 48.3 Å². The maximum absolute atomic E-state index is 13.7. The Hall–Kier alpha value is -6.42. The molecule has 0 bridgehead atoms. The SMILES string of the molecule is CCCCP(CCCC)CCCC.Fc1ccc(-c2nc3n(c2-c2ccnc(NC4CCC4)n2)[C@H](CSc2ccccc2)CC3)cc1.OC[C@@H]1CCc2nc(-c3ccc(F)cc3)c(-c3ccnc(NC4CCC4)n3)n21.c1ccc(SSc2ccccc2)cc1. The van der Waals surface area contributed by atoms with Gasteiger partial charge in [-0.3, -0.25) is 0 Å². The first-order chi connectivity index (χ1) is 43.8. The van der Waals surface area contributed by atoms with Gasteiger partial charge in [-0.05, 0) is 186 Å². The second-order valence-corrected chi connectivity index (χ2v) is 29.2. The van der Waals surface area contributed by atoms with E-state index < -0.39 is 0 Å². The summed E-state index contributed by atoms with van der Waals surface area (Å²) in [6.45, 7) is 6.99. The molecule has 2 aliphatic heterocycles. The fraction of sp³-hybridized carbons (Fsp3) is 0.389. The van der Waals surface area contributed by atoms with E-state index in [9.17, 15) is 13.9 Å². The van der Waals surface area contributed by atoms with Gasteiger partial charge in [0.05, 0.1) is 46.8 Å². The molecule has 13 rings (SSSR count). The number of anilines is 2. The fourth-order valence-corrected chi connectivity index (χ4v) is 17.2. The summed E-state index contributed by atoms with van der Waals surface area (Å²) in [7, 11) is 4.00. The Labute approximate surface area is 539 Å². The van der Waals surface area contributed by atoms with Gasteiger partial charge in [-0.25, -0.2) is 38.7 Å². The summed E-state index contributed by atoms with van der Waals surface area (Å²) >= 11 is 1.87. The third kappa shape index (κ3) is 18.4. The van der Waals surface area contributed by atoms with Crippen molar-refractivity contribution in [2.45, 2.75) is 162 Å². The van der Waals surface area contributed by atoms with Crippen molar-refractivity contribution in [2.75, 3.05) is 41.5 Å². The zero-order valence-corrected chi connectivity index (χ0v) is 55.0. The number of benzene rings is 5. The molecule has 0 unspecified atom stereocenters. The Bertz CT molecular complexity index is 3500. The molecule has 0 saturated heterocycles. The van der Waals surface area contributed by atoms with Gasteiger partial charge in [-0.2, -0.15) is 0 Å². The van der Waals surface area contributed by atoms with Crippen molar-refractivity contribution >= 4 is 53.2 Å². The predicted octanol–water partition coefficient (Wildman–Crippen LogP) is 19.3. The third-order valence-electron chi connectivity index (χ3n) is 16.6. The molecule has 4 aliphatic rings. The normalized spacial score (nSPS) is 15.7. The van der Waals surface area contributed by atoms with E-state index in [1.165, 1.54) is 90.3 Å². The molecule has 17 heteroatoms. The first-order valence-corrected chi connectivity index (χ1v) is 37.2. The number of halogens is 2. The molecule has 3 N–H and O–H groups in total. The maximum Gasteiger partial charge on any atom is 0.223 e. The number of hydrogen-bond acceptors (Lipinski definition) is 12. The van der Waals surface area contributed by atoms with Crippen LogP contribution >= 0.6 is 41.3 Å². The van der Waals surface area contributed by atoms with E-state index in [-0.39, 0.29) is 24.3 Å². The number of aromatic nitrogens is 8. The quantitative estimate of drug-likeness (QED) is 0.0302. The Balaban J connectivity index is 0.000000142. The number of aliphatic hydroxyl groups is 1. The van der Waals surface area contributed by atoms with Gasteiger partial charge in [0.1, 0.15) is 23.3 Å². The van der Waals surface area contributed by atoms with E-state index >= 15 is 0 Å². The van der Waals surface area contributed by atoms with Gasteiger partial charge in [0.2, 0.25) is 11.9 Å². The number of nitrogens with one attached hydrogen (secondary N) is 2. The molecule has 5 aromatic carbocycles. The second-order valence-electron chi connectivity index (χ2n) is 23.2. The number of imidazole rings is 2. The highest BCUT2D eigenvalue weighted by Gasteiger charge is 2.33. The lowest BCUT2D eigenvalue weighted by molar-refractivity contribution is 0.234. The molecule has 11 nitrogen and oxygen atoms in total. The largest absolute Gasteiger partial charge is 0.394 e. The Morgan fingerprint density at radius 2 is 0.899 bits per heavy atom. The minimum absolute atomic E-state index is 0.0234. The molecule has 4 aromatic heterocycles. The van der Waals surface area contributed by atoms with Crippen LogP contribution in [0.5, 0.6) is 0 Å². The minimum Gasteiger partial charge on any atom is -0.394 e. The fourth-order valence-electron chi connectivity index (χ4n) is 11.2. The van der Waals surface area contributed by atoms with Crippen molar-refractivity contribution < 1.29 is 13.9 Å². The molecule has 0 radical (unpaired) electrons. The summed E-state index contributed by atoms with van der Waals surface area (Å²) < 4.78 is 31.6. The van der Waals surface area contributed by atoms with E-state index in [1.54, 1.807) is 70.5 Å². The number of aryl methyl sites for hydroxylation is 2. The summed E-state index contributed by atoms with van der Waals surface area (Å²) in [6, 6.07) is 49.3. The topological polar surface area (TPSA) is 131 Å². The van der Waals surface area contributed by atoms with E-state index in [4.69, 9.17) is 19.9 Å². The van der Waals surface area contributed by atoms with Crippen molar-refractivity contribution in [1.29, 1.82) is 0 Å². The first kappa shape index (κ1) is 65.5. The summed E-state index contributed by atoms with van der Waals surface area (Å²) in [5.41, 5.74) is 6.83. The molecule has 2 atom stereocenters. The van der Waals surface area contributed by atoms with Gasteiger partial charge >= 0.3 is 0 Å². The standard InChI is InChI=1S/C27H26FN5S.C21H22FN5O.C12H27P.C12H10S2/c28-19-11-9-18(10-12-19)25-26(23-15-16-29-27(31-23)30-20-5-4-6-20)33-21(13-14-24(33)32-25)17-34-22-7-2-1-3-8-22;22-14-6-4-13(5-7-14)19-20(27-16(12-28)8-9-18(27)26-19)17-10-11-23-21(25-17)24-15-2-1-3-15;1-4-7-10-13(11-8-5-2)12-9-6-3;1-3-7-11(8-4-1)13-14-12-9-5-2-6-10-12/h1-3,7-12,15-16,20-21H,4-6,13-14,17H2,(H,29,30,31);4-7,10-11,15-16,28H,1-3,8-9,12H2,(H,23,24,25);4-12H2,1-3H3;1-10H/t21-;16-;;/m00../s1. The average molecular weight is 1270 g/mol. The van der Waals surface area contributed by atoms with E-state index in [0.29, 0.717) is 37.9 Å². The lowest BCUT2D eigenvalue weighted by Crippen LogP contribution is -2.28. The highest BCUT2D eigenvalue weighted by atomic mass is 33.1. The Kier molecular flexibility index (Phi) is 25.1. The van der Waals surface area contributed by atoms with Gasteiger partial charge < -0.3 is 24.9 Å². The average Bonchev–Trinajstić information content (AvgIpc) is 1.67. The van der Waals surface area contributed by atoms with Crippen LogP contribution in [0.15, 0.2) is 179 Å². The third-order valence-corrected chi connectivity index (χ3v) is 23.0. The van der Waals surface area contributed by atoms with Gasteiger partial charge in [0.15, 0.2) is 0 Å². The molecule has 0 spiro atoms. The van der Waals surface area contributed by atoms with Crippen LogP contribution in [0.3, 0.4) is 0 Å². The zero-order valence-electron chi connectivity index (χ0n) is 51.7. The Morgan fingerprint density at radius 1 is 0.494 bits per heavy atom. The monoisotopic (exact) mass is 1270 g/mol. The van der Waals surface area contributed by atoms with Crippen molar-refractivity contribution in [3.63, 3.8) is 0 Å². The second kappa shape index (κ2) is 34.1. The highest BCUT2D eigenvalue weighted by molar-refractivity contribution is 8.76. The lowest BCUT2D eigenvalue weighted by atomic mass is 9.93. The van der Waals surface area contributed by atoms with Gasteiger partial charge in [-0.15, -0.1) is 19.7 Å². The van der Waals surface area contributed by atoms with Crippen LogP contribution in [-0.2, 0) is 12.8 Å². The lowest BCUT2D eigenvalue weighted by Gasteiger charge is -2.26. The van der Waals surface area contributed by atoms with Gasteiger partial charge in [-0.1, -0.05) is 116 Å². The van der Waals surface area contributed by atoms with Gasteiger partial charge in [0, 0.05) is 74.9 Å².